The van der Waals surface area contributed by atoms with Crippen LogP contribution in [0.1, 0.15) is 17.4 Å². The van der Waals surface area contributed by atoms with E-state index in [1.54, 1.807) is 11.3 Å². The normalized spacial score (nSPS) is 11.3. The molecular weight excluding hydrogens is 450 g/mol. The van der Waals surface area contributed by atoms with Crippen molar-refractivity contribution in [3.05, 3.63) is 58.0 Å². The Kier molecular flexibility index (Phi) is 10.7. The zero-order chi connectivity index (χ0) is 17.2. The van der Waals surface area contributed by atoms with Crippen molar-refractivity contribution in [2.45, 2.75) is 20.0 Å². The van der Waals surface area contributed by atoms with Crippen LogP contribution in [0.3, 0.4) is 0 Å². The SMILES string of the molecule is CCNC(=NCc1cccs1)NCCN(C)Cc1ccc(F)cc1.I. The van der Waals surface area contributed by atoms with E-state index < -0.39 is 0 Å². The summed E-state index contributed by atoms with van der Waals surface area (Å²) in [5, 5.41) is 8.67. The van der Waals surface area contributed by atoms with E-state index in [0.717, 1.165) is 37.7 Å². The number of aliphatic imine (C=N–C) groups is 1. The summed E-state index contributed by atoms with van der Waals surface area (Å²) < 4.78 is 12.9. The van der Waals surface area contributed by atoms with Gasteiger partial charge in [0.1, 0.15) is 5.82 Å². The standard InChI is InChI=1S/C18H25FN4S.HI/c1-3-20-18(22-13-17-5-4-12-24-17)21-10-11-23(2)14-15-6-8-16(19)9-7-15;/h4-9,12H,3,10-11,13-14H2,1-2H3,(H2,20,21,22);1H. The molecule has 0 unspecified atom stereocenters. The predicted octanol–water partition coefficient (Wildman–Crippen LogP) is 3.69. The van der Waals surface area contributed by atoms with Gasteiger partial charge in [-0.3, -0.25) is 0 Å². The fourth-order valence-electron chi connectivity index (χ4n) is 2.25. The van der Waals surface area contributed by atoms with Crippen LogP contribution in [0, 0.1) is 5.82 Å². The predicted molar refractivity (Wildman–Crippen MR) is 115 cm³/mol. The second-order valence-electron chi connectivity index (χ2n) is 5.57. The van der Waals surface area contributed by atoms with Crippen LogP contribution in [0.2, 0.25) is 0 Å². The summed E-state index contributed by atoms with van der Waals surface area (Å²) in [5.74, 6) is 0.640. The molecule has 1 heterocycles. The van der Waals surface area contributed by atoms with Crippen LogP contribution >= 0.6 is 35.3 Å². The van der Waals surface area contributed by atoms with Gasteiger partial charge in [-0.1, -0.05) is 18.2 Å². The van der Waals surface area contributed by atoms with Crippen molar-refractivity contribution in [3.8, 4) is 0 Å². The molecule has 1 aromatic carbocycles. The number of benzene rings is 1. The monoisotopic (exact) mass is 476 g/mol. The molecule has 2 aromatic rings. The van der Waals surface area contributed by atoms with Crippen molar-refractivity contribution in [1.29, 1.82) is 0 Å². The third-order valence-corrected chi connectivity index (χ3v) is 4.33. The van der Waals surface area contributed by atoms with Crippen LogP contribution in [-0.4, -0.2) is 37.5 Å². The topological polar surface area (TPSA) is 39.7 Å². The summed E-state index contributed by atoms with van der Waals surface area (Å²) in [6.07, 6.45) is 0. The Morgan fingerprint density at radius 3 is 2.60 bits per heavy atom. The van der Waals surface area contributed by atoms with Gasteiger partial charge in [-0.2, -0.15) is 0 Å². The Labute approximate surface area is 170 Å². The average Bonchev–Trinajstić information content (AvgIpc) is 3.08. The van der Waals surface area contributed by atoms with Gasteiger partial charge in [-0.05, 0) is 43.1 Å². The second-order valence-corrected chi connectivity index (χ2v) is 6.60. The van der Waals surface area contributed by atoms with Crippen molar-refractivity contribution in [2.24, 2.45) is 4.99 Å². The van der Waals surface area contributed by atoms with Gasteiger partial charge in [0, 0.05) is 31.1 Å². The van der Waals surface area contributed by atoms with Crippen LogP contribution in [-0.2, 0) is 13.1 Å². The van der Waals surface area contributed by atoms with Crippen molar-refractivity contribution in [2.75, 3.05) is 26.7 Å². The van der Waals surface area contributed by atoms with E-state index in [4.69, 9.17) is 0 Å². The van der Waals surface area contributed by atoms with Crippen LogP contribution in [0.5, 0.6) is 0 Å². The smallest absolute Gasteiger partial charge is 0.191 e. The first-order chi connectivity index (χ1) is 11.7. The van der Waals surface area contributed by atoms with E-state index in [1.165, 1.54) is 17.0 Å². The minimum absolute atomic E-state index is 0. The molecule has 138 valence electrons. The summed E-state index contributed by atoms with van der Waals surface area (Å²) in [5.41, 5.74) is 1.11. The summed E-state index contributed by atoms with van der Waals surface area (Å²) in [6, 6.07) is 10.8. The number of hydrogen-bond acceptors (Lipinski definition) is 3. The highest BCUT2D eigenvalue weighted by molar-refractivity contribution is 14.0. The lowest BCUT2D eigenvalue weighted by Crippen LogP contribution is -2.40. The molecule has 0 saturated heterocycles. The first-order valence-corrected chi connectivity index (χ1v) is 9.03. The van der Waals surface area contributed by atoms with E-state index >= 15 is 0 Å². The minimum Gasteiger partial charge on any atom is -0.357 e. The zero-order valence-electron chi connectivity index (χ0n) is 14.7. The molecule has 0 atom stereocenters. The lowest BCUT2D eigenvalue weighted by atomic mass is 10.2. The number of halogens is 2. The van der Waals surface area contributed by atoms with Gasteiger partial charge >= 0.3 is 0 Å². The molecule has 2 rings (SSSR count). The number of nitrogens with one attached hydrogen (secondary N) is 2. The summed E-state index contributed by atoms with van der Waals surface area (Å²) in [6.45, 7) is 6.06. The zero-order valence-corrected chi connectivity index (χ0v) is 17.8. The number of hydrogen-bond donors (Lipinski definition) is 2. The maximum absolute atomic E-state index is 12.9. The molecule has 0 aliphatic carbocycles. The van der Waals surface area contributed by atoms with Crippen LogP contribution < -0.4 is 10.6 Å². The number of thiophene rings is 1. The Balaban J connectivity index is 0.00000312. The molecule has 0 aliphatic rings. The molecule has 0 fully saturated rings. The highest BCUT2D eigenvalue weighted by Gasteiger charge is 2.02. The Hall–Kier alpha value is -1.19. The Morgan fingerprint density at radius 2 is 1.96 bits per heavy atom. The second kappa shape index (κ2) is 12.2. The number of nitrogens with zero attached hydrogens (tertiary/aromatic N) is 2. The third kappa shape index (κ3) is 8.64. The first-order valence-electron chi connectivity index (χ1n) is 8.15. The highest BCUT2D eigenvalue weighted by atomic mass is 127. The van der Waals surface area contributed by atoms with Crippen LogP contribution in [0.4, 0.5) is 4.39 Å². The summed E-state index contributed by atoms with van der Waals surface area (Å²) >= 11 is 1.72. The molecule has 0 radical (unpaired) electrons. The van der Waals surface area contributed by atoms with Crippen molar-refractivity contribution in [1.82, 2.24) is 15.5 Å². The number of guanidine groups is 1. The van der Waals surface area contributed by atoms with E-state index in [1.807, 2.05) is 18.2 Å². The molecule has 2 N–H and O–H groups in total. The molecule has 0 aliphatic heterocycles. The van der Waals surface area contributed by atoms with Crippen molar-refractivity contribution >= 4 is 41.3 Å². The molecule has 1 aromatic heterocycles. The van der Waals surface area contributed by atoms with Gasteiger partial charge in [0.25, 0.3) is 0 Å². The molecule has 7 heteroatoms. The largest absolute Gasteiger partial charge is 0.357 e. The molecule has 0 amide bonds. The van der Waals surface area contributed by atoms with Crippen LogP contribution in [0.25, 0.3) is 0 Å². The first kappa shape index (κ1) is 21.9. The highest BCUT2D eigenvalue weighted by Crippen LogP contribution is 2.09. The Morgan fingerprint density at radius 1 is 1.20 bits per heavy atom. The summed E-state index contributed by atoms with van der Waals surface area (Å²) in [7, 11) is 2.06. The van der Waals surface area contributed by atoms with E-state index in [2.05, 4.69) is 45.9 Å². The third-order valence-electron chi connectivity index (χ3n) is 3.47. The lowest BCUT2D eigenvalue weighted by molar-refractivity contribution is 0.331. The fourth-order valence-corrected chi connectivity index (χ4v) is 2.88. The molecular formula is C18H26FIN4S. The molecule has 25 heavy (non-hydrogen) atoms. The van der Waals surface area contributed by atoms with E-state index in [-0.39, 0.29) is 29.8 Å². The van der Waals surface area contributed by atoms with Gasteiger partial charge in [-0.25, -0.2) is 9.38 Å². The average molecular weight is 476 g/mol. The Bertz CT molecular complexity index is 617. The van der Waals surface area contributed by atoms with Gasteiger partial charge in [-0.15, -0.1) is 35.3 Å². The van der Waals surface area contributed by atoms with Gasteiger partial charge < -0.3 is 15.5 Å². The number of rotatable bonds is 8. The van der Waals surface area contributed by atoms with E-state index in [9.17, 15) is 4.39 Å². The number of likely N-dealkylation sites (N-methyl/N-ethyl adjacent to an activating group) is 1. The minimum atomic E-state index is -0.194. The molecule has 0 saturated carbocycles. The van der Waals surface area contributed by atoms with Crippen LogP contribution in [0.15, 0.2) is 46.8 Å². The molecule has 0 bridgehead atoms. The van der Waals surface area contributed by atoms with Gasteiger partial charge in [0.2, 0.25) is 0 Å². The quantitative estimate of drug-likeness (QED) is 0.347. The molecule has 4 nitrogen and oxygen atoms in total. The lowest BCUT2D eigenvalue weighted by Gasteiger charge is -2.18. The van der Waals surface area contributed by atoms with Gasteiger partial charge in [0.15, 0.2) is 5.96 Å². The van der Waals surface area contributed by atoms with E-state index in [0.29, 0.717) is 6.54 Å². The molecule has 0 spiro atoms. The summed E-state index contributed by atoms with van der Waals surface area (Å²) in [4.78, 5) is 8.04. The fraction of sp³-hybridized carbons (Fsp3) is 0.389. The van der Waals surface area contributed by atoms with Gasteiger partial charge in [0.05, 0.1) is 6.54 Å². The van der Waals surface area contributed by atoms with Crippen molar-refractivity contribution < 1.29 is 4.39 Å². The van der Waals surface area contributed by atoms with Crippen molar-refractivity contribution in [3.63, 3.8) is 0 Å². The maximum Gasteiger partial charge on any atom is 0.191 e. The maximum atomic E-state index is 12.9.